The summed E-state index contributed by atoms with van der Waals surface area (Å²) in [7, 11) is 0. The first-order valence-corrected chi connectivity index (χ1v) is 7.29. The number of anilines is 1. The van der Waals surface area contributed by atoms with E-state index in [-0.39, 0.29) is 10.7 Å². The first-order chi connectivity index (χ1) is 9.54. The molecule has 3 unspecified atom stereocenters. The monoisotopic (exact) mass is 292 g/mol. The van der Waals surface area contributed by atoms with Crippen LogP contribution in [-0.4, -0.2) is 11.5 Å². The van der Waals surface area contributed by atoms with Crippen molar-refractivity contribution in [1.29, 1.82) is 0 Å². The molecule has 0 saturated heterocycles. The second kappa shape index (κ2) is 5.09. The van der Waals surface area contributed by atoms with Crippen LogP contribution in [-0.2, 0) is 0 Å². The minimum atomic E-state index is -0.445. The largest absolute Gasteiger partial charge is 0.384 e. The molecule has 2 bridgehead atoms. The van der Waals surface area contributed by atoms with Crippen LogP contribution in [0.3, 0.4) is 0 Å². The fourth-order valence-corrected chi connectivity index (χ4v) is 3.60. The number of rotatable bonds is 4. The number of fused-ring (bicyclic) bond motifs is 2. The zero-order valence-electron chi connectivity index (χ0n) is 11.3. The van der Waals surface area contributed by atoms with Crippen LogP contribution in [0, 0.1) is 34.8 Å². The second-order valence-electron chi connectivity index (χ2n) is 5.80. The van der Waals surface area contributed by atoms with Crippen LogP contribution in [0.4, 0.5) is 11.4 Å². The van der Waals surface area contributed by atoms with Gasteiger partial charge in [-0.3, -0.25) is 10.1 Å². The van der Waals surface area contributed by atoms with Crippen molar-refractivity contribution in [3.8, 4) is 0 Å². The Morgan fingerprint density at radius 1 is 1.40 bits per heavy atom. The first kappa shape index (κ1) is 13.4. The van der Waals surface area contributed by atoms with Crippen LogP contribution in [0.15, 0.2) is 24.3 Å². The third kappa shape index (κ3) is 2.40. The molecule has 5 heteroatoms. The molecule has 4 nitrogen and oxygen atoms in total. The summed E-state index contributed by atoms with van der Waals surface area (Å²) in [5.41, 5.74) is 1.73. The van der Waals surface area contributed by atoms with Gasteiger partial charge in [0.25, 0.3) is 5.69 Å². The molecule has 0 aromatic heterocycles. The average molecular weight is 293 g/mol. The van der Waals surface area contributed by atoms with E-state index in [1.54, 1.807) is 6.07 Å². The lowest BCUT2D eigenvalue weighted by Gasteiger charge is -2.20. The maximum Gasteiger partial charge on any atom is 0.288 e. The van der Waals surface area contributed by atoms with Gasteiger partial charge in [0.05, 0.1) is 4.92 Å². The predicted molar refractivity (Wildman–Crippen MR) is 80.2 cm³/mol. The summed E-state index contributed by atoms with van der Waals surface area (Å²) < 4.78 is 0. The Balaban J connectivity index is 1.70. The molecule has 3 atom stereocenters. The molecule has 2 aliphatic rings. The summed E-state index contributed by atoms with van der Waals surface area (Å²) >= 11 is 5.96. The molecule has 0 amide bonds. The van der Waals surface area contributed by atoms with E-state index < -0.39 is 4.92 Å². The third-order valence-electron chi connectivity index (χ3n) is 4.46. The number of nitrogens with one attached hydrogen (secondary N) is 1. The number of aryl methyl sites for hydroxylation is 1. The van der Waals surface area contributed by atoms with E-state index in [1.807, 2.05) is 6.92 Å². The molecule has 20 heavy (non-hydrogen) atoms. The highest BCUT2D eigenvalue weighted by atomic mass is 35.5. The number of nitrogens with zero attached hydrogens (tertiary/aromatic N) is 1. The molecule has 1 fully saturated rings. The van der Waals surface area contributed by atoms with Gasteiger partial charge in [0, 0.05) is 18.3 Å². The van der Waals surface area contributed by atoms with Crippen molar-refractivity contribution in [2.45, 2.75) is 19.8 Å². The Labute approximate surface area is 123 Å². The molecule has 0 spiro atoms. The fourth-order valence-electron chi connectivity index (χ4n) is 3.37. The van der Waals surface area contributed by atoms with Gasteiger partial charge >= 0.3 is 0 Å². The molecule has 0 aliphatic heterocycles. The van der Waals surface area contributed by atoms with Gasteiger partial charge in [-0.2, -0.15) is 0 Å². The SMILES string of the molecule is Cc1cc([N+](=O)[O-])c(Cl)cc1NCC1CC2C=CC1C2. The molecule has 1 aromatic rings. The summed E-state index contributed by atoms with van der Waals surface area (Å²) in [6, 6.07) is 3.20. The van der Waals surface area contributed by atoms with E-state index in [9.17, 15) is 10.1 Å². The number of nitro groups is 1. The van der Waals surface area contributed by atoms with Crippen LogP contribution in [0.1, 0.15) is 18.4 Å². The Morgan fingerprint density at radius 2 is 2.20 bits per heavy atom. The molecule has 1 N–H and O–H groups in total. The van der Waals surface area contributed by atoms with E-state index in [2.05, 4.69) is 17.5 Å². The van der Waals surface area contributed by atoms with Crippen molar-refractivity contribution in [3.05, 3.63) is 45.0 Å². The maximum atomic E-state index is 10.8. The Bertz CT molecular complexity index is 585. The van der Waals surface area contributed by atoms with Gasteiger partial charge in [-0.25, -0.2) is 0 Å². The summed E-state index contributed by atoms with van der Waals surface area (Å²) in [5, 5.41) is 14.4. The summed E-state index contributed by atoms with van der Waals surface area (Å²) in [4.78, 5) is 10.4. The van der Waals surface area contributed by atoms with E-state index in [0.717, 1.165) is 23.7 Å². The lowest BCUT2D eigenvalue weighted by Crippen LogP contribution is -2.18. The Morgan fingerprint density at radius 3 is 2.80 bits per heavy atom. The van der Waals surface area contributed by atoms with Crippen LogP contribution in [0.2, 0.25) is 5.02 Å². The molecule has 0 heterocycles. The molecule has 2 aliphatic carbocycles. The van der Waals surface area contributed by atoms with Crippen molar-refractivity contribution in [3.63, 3.8) is 0 Å². The van der Waals surface area contributed by atoms with Gasteiger partial charge in [-0.05, 0) is 49.1 Å². The maximum absolute atomic E-state index is 10.8. The molecular weight excluding hydrogens is 276 g/mol. The van der Waals surface area contributed by atoms with E-state index in [1.165, 1.54) is 18.9 Å². The van der Waals surface area contributed by atoms with Crippen molar-refractivity contribution >= 4 is 23.0 Å². The summed E-state index contributed by atoms with van der Waals surface area (Å²) in [6.45, 7) is 2.77. The van der Waals surface area contributed by atoms with Gasteiger partial charge in [-0.15, -0.1) is 0 Å². The third-order valence-corrected chi connectivity index (χ3v) is 4.76. The minimum absolute atomic E-state index is 0.0300. The standard InChI is InChI=1S/C15H17ClN2O2/c1-9-4-15(18(19)20)13(16)7-14(9)17-8-12-6-10-2-3-11(12)5-10/h2-4,7,10-12,17H,5-6,8H2,1H3. The average Bonchev–Trinajstić information content (AvgIpc) is 3.01. The van der Waals surface area contributed by atoms with Gasteiger partial charge in [0.2, 0.25) is 0 Å². The lowest BCUT2D eigenvalue weighted by molar-refractivity contribution is -0.384. The zero-order valence-corrected chi connectivity index (χ0v) is 12.1. The fraction of sp³-hybridized carbons (Fsp3) is 0.467. The molecular formula is C15H17ClN2O2. The smallest absolute Gasteiger partial charge is 0.288 e. The Hall–Kier alpha value is -1.55. The van der Waals surface area contributed by atoms with Crippen molar-refractivity contribution in [2.24, 2.45) is 17.8 Å². The van der Waals surface area contributed by atoms with Gasteiger partial charge < -0.3 is 5.32 Å². The molecule has 0 radical (unpaired) electrons. The van der Waals surface area contributed by atoms with E-state index in [0.29, 0.717) is 11.8 Å². The number of nitro benzene ring substituents is 1. The zero-order chi connectivity index (χ0) is 14.3. The summed E-state index contributed by atoms with van der Waals surface area (Å²) in [6.07, 6.45) is 7.19. The van der Waals surface area contributed by atoms with E-state index >= 15 is 0 Å². The van der Waals surface area contributed by atoms with Gasteiger partial charge in [0.15, 0.2) is 0 Å². The van der Waals surface area contributed by atoms with E-state index in [4.69, 9.17) is 11.6 Å². The normalized spacial score (nSPS) is 27.0. The molecule has 1 saturated carbocycles. The number of allylic oxidation sites excluding steroid dienone is 2. The van der Waals surface area contributed by atoms with Crippen LogP contribution in [0.25, 0.3) is 0 Å². The quantitative estimate of drug-likeness (QED) is 0.514. The predicted octanol–water partition coefficient (Wildman–Crippen LogP) is 4.18. The number of hydrogen-bond donors (Lipinski definition) is 1. The van der Waals surface area contributed by atoms with Crippen LogP contribution < -0.4 is 5.32 Å². The molecule has 106 valence electrons. The molecule has 1 aromatic carbocycles. The summed E-state index contributed by atoms with van der Waals surface area (Å²) in [5.74, 6) is 2.12. The number of benzene rings is 1. The Kier molecular flexibility index (Phi) is 3.42. The number of hydrogen-bond acceptors (Lipinski definition) is 3. The highest BCUT2D eigenvalue weighted by Gasteiger charge is 2.35. The van der Waals surface area contributed by atoms with Crippen molar-refractivity contribution in [1.82, 2.24) is 0 Å². The van der Waals surface area contributed by atoms with Crippen molar-refractivity contribution < 1.29 is 4.92 Å². The van der Waals surface area contributed by atoms with Gasteiger partial charge in [-0.1, -0.05) is 23.8 Å². The molecule has 3 rings (SSSR count). The lowest BCUT2D eigenvalue weighted by atomic mass is 9.93. The van der Waals surface area contributed by atoms with Crippen molar-refractivity contribution in [2.75, 3.05) is 11.9 Å². The topological polar surface area (TPSA) is 55.2 Å². The highest BCUT2D eigenvalue weighted by molar-refractivity contribution is 6.33. The van der Waals surface area contributed by atoms with Crippen LogP contribution in [0.5, 0.6) is 0 Å². The van der Waals surface area contributed by atoms with Gasteiger partial charge in [0.1, 0.15) is 5.02 Å². The second-order valence-corrected chi connectivity index (χ2v) is 6.20. The van der Waals surface area contributed by atoms with Crippen LogP contribution >= 0.6 is 11.6 Å². The first-order valence-electron chi connectivity index (χ1n) is 6.91. The minimum Gasteiger partial charge on any atom is -0.384 e. The number of halogens is 1. The highest BCUT2D eigenvalue weighted by Crippen LogP contribution is 2.43.